The molecule has 1 aromatic carbocycles. The number of likely N-dealkylation sites (N-methyl/N-ethyl adjacent to an activating group) is 1. The average molecular weight is 245 g/mol. The van der Waals surface area contributed by atoms with E-state index in [1.165, 1.54) is 6.07 Å². The molecule has 17 heavy (non-hydrogen) atoms. The van der Waals surface area contributed by atoms with Gasteiger partial charge in [-0.15, -0.1) is 8.78 Å². The van der Waals surface area contributed by atoms with Crippen LogP contribution in [-0.4, -0.2) is 19.9 Å². The highest BCUT2D eigenvalue weighted by Crippen LogP contribution is 2.41. The summed E-state index contributed by atoms with van der Waals surface area (Å²) < 4.78 is 33.9. The molecular formula is C12H17F2NO2. The third-order valence-corrected chi connectivity index (χ3v) is 2.13. The summed E-state index contributed by atoms with van der Waals surface area (Å²) in [6, 6.07) is 4.83. The summed E-state index contributed by atoms with van der Waals surface area (Å²) in [5.74, 6) is 0.196. The molecule has 0 aliphatic carbocycles. The minimum Gasteiger partial charge on any atom is -0.395 e. The number of hydrogen-bond acceptors (Lipinski definition) is 3. The highest BCUT2D eigenvalue weighted by Gasteiger charge is 2.43. The quantitative estimate of drug-likeness (QED) is 0.888. The molecule has 0 radical (unpaired) electrons. The summed E-state index contributed by atoms with van der Waals surface area (Å²) in [6.07, 6.45) is -2.76. The largest absolute Gasteiger partial charge is 0.586 e. The third-order valence-electron chi connectivity index (χ3n) is 2.13. The topological polar surface area (TPSA) is 30.5 Å². The van der Waals surface area contributed by atoms with Crippen molar-refractivity contribution in [3.05, 3.63) is 23.8 Å². The summed E-state index contributed by atoms with van der Waals surface area (Å²) >= 11 is 0. The first kappa shape index (κ1) is 13.7. The van der Waals surface area contributed by atoms with Gasteiger partial charge in [0.2, 0.25) is 0 Å². The van der Waals surface area contributed by atoms with Crippen LogP contribution < -0.4 is 14.8 Å². The smallest absolute Gasteiger partial charge is 0.395 e. The highest BCUT2D eigenvalue weighted by molar-refractivity contribution is 5.45. The summed E-state index contributed by atoms with van der Waals surface area (Å²) in [4.78, 5) is 0. The monoisotopic (exact) mass is 245 g/mol. The molecule has 96 valence electrons. The summed E-state index contributed by atoms with van der Waals surface area (Å²) in [5.41, 5.74) is 0.935. The van der Waals surface area contributed by atoms with E-state index in [1.807, 2.05) is 20.9 Å². The molecule has 1 aromatic rings. The van der Waals surface area contributed by atoms with Crippen molar-refractivity contribution in [2.24, 2.45) is 0 Å². The lowest BCUT2D eigenvalue weighted by molar-refractivity contribution is -0.286. The first-order valence-electron chi connectivity index (χ1n) is 5.64. The minimum atomic E-state index is -3.52. The molecule has 0 amide bonds. The van der Waals surface area contributed by atoms with E-state index in [1.54, 1.807) is 12.1 Å². The highest BCUT2D eigenvalue weighted by atomic mass is 19.3. The van der Waals surface area contributed by atoms with Crippen molar-refractivity contribution >= 4 is 0 Å². The van der Waals surface area contributed by atoms with Crippen LogP contribution in [0.25, 0.3) is 0 Å². The average Bonchev–Trinajstić information content (AvgIpc) is 2.62. The number of alkyl halides is 2. The van der Waals surface area contributed by atoms with Gasteiger partial charge in [-0.1, -0.05) is 19.9 Å². The van der Waals surface area contributed by atoms with Crippen LogP contribution in [0.3, 0.4) is 0 Å². The number of hydrogen-bond donors (Lipinski definition) is 1. The lowest BCUT2D eigenvalue weighted by atomic mass is 10.1. The van der Waals surface area contributed by atoms with Gasteiger partial charge in [-0.3, -0.25) is 0 Å². The van der Waals surface area contributed by atoms with Gasteiger partial charge in [-0.05, 0) is 37.7 Å². The lowest BCUT2D eigenvalue weighted by Crippen LogP contribution is -2.25. The van der Waals surface area contributed by atoms with E-state index >= 15 is 0 Å². The zero-order valence-electron chi connectivity index (χ0n) is 10.2. The van der Waals surface area contributed by atoms with Crippen molar-refractivity contribution in [2.45, 2.75) is 26.6 Å². The van der Waals surface area contributed by atoms with Crippen LogP contribution in [0.15, 0.2) is 18.2 Å². The van der Waals surface area contributed by atoms with Crippen molar-refractivity contribution in [2.75, 3.05) is 13.6 Å². The first-order chi connectivity index (χ1) is 8.11. The molecule has 1 aliphatic rings. The Kier molecular flexibility index (Phi) is 4.69. The normalized spacial score (nSPS) is 15.1. The van der Waals surface area contributed by atoms with Crippen LogP contribution in [0, 0.1) is 0 Å². The maximum Gasteiger partial charge on any atom is 0.586 e. The van der Waals surface area contributed by atoms with Crippen molar-refractivity contribution in [3.8, 4) is 11.5 Å². The Morgan fingerprint density at radius 2 is 1.82 bits per heavy atom. The molecule has 0 unspecified atom stereocenters. The van der Waals surface area contributed by atoms with Gasteiger partial charge in [0.25, 0.3) is 0 Å². The third kappa shape index (κ3) is 3.56. The Morgan fingerprint density at radius 3 is 2.47 bits per heavy atom. The molecule has 0 fully saturated rings. The molecule has 0 saturated carbocycles. The van der Waals surface area contributed by atoms with Crippen LogP contribution in [0.1, 0.15) is 19.4 Å². The van der Waals surface area contributed by atoms with Gasteiger partial charge in [0.05, 0.1) is 0 Å². The van der Waals surface area contributed by atoms with E-state index in [4.69, 9.17) is 0 Å². The maximum absolute atomic E-state index is 12.7. The minimum absolute atomic E-state index is 0.0909. The molecule has 0 saturated heterocycles. The molecule has 1 heterocycles. The fourth-order valence-electron chi connectivity index (χ4n) is 1.42. The Balaban J connectivity index is 0.000000686. The van der Waals surface area contributed by atoms with E-state index in [2.05, 4.69) is 14.8 Å². The van der Waals surface area contributed by atoms with Gasteiger partial charge in [0.1, 0.15) is 0 Å². The standard InChI is InChI=1S/C10H11F2NO2.C2H6/c1-13-5-4-7-2-3-8-9(6-7)15-10(11,12)14-8;1-2/h2-3,6,13H,4-5H2,1H3;1-2H3. The molecule has 5 heteroatoms. The van der Waals surface area contributed by atoms with E-state index in [0.29, 0.717) is 0 Å². The second kappa shape index (κ2) is 5.82. The van der Waals surface area contributed by atoms with Gasteiger partial charge >= 0.3 is 6.29 Å². The number of ether oxygens (including phenoxy) is 2. The van der Waals surface area contributed by atoms with Gasteiger partial charge in [-0.25, -0.2) is 0 Å². The lowest BCUT2D eigenvalue weighted by Gasteiger charge is -2.04. The van der Waals surface area contributed by atoms with Gasteiger partial charge in [0, 0.05) is 0 Å². The maximum atomic E-state index is 12.7. The zero-order chi connectivity index (χ0) is 12.9. The van der Waals surface area contributed by atoms with Gasteiger partial charge < -0.3 is 14.8 Å². The van der Waals surface area contributed by atoms with E-state index < -0.39 is 6.29 Å². The Bertz CT molecular complexity index is 370. The molecule has 3 nitrogen and oxygen atoms in total. The molecule has 1 N–H and O–H groups in total. The molecule has 0 aromatic heterocycles. The summed E-state index contributed by atoms with van der Waals surface area (Å²) in [6.45, 7) is 4.79. The zero-order valence-corrected chi connectivity index (χ0v) is 10.2. The summed E-state index contributed by atoms with van der Waals surface area (Å²) in [7, 11) is 1.83. The first-order valence-corrected chi connectivity index (χ1v) is 5.64. The van der Waals surface area contributed by atoms with Crippen LogP contribution in [0.4, 0.5) is 8.78 Å². The van der Waals surface area contributed by atoms with Crippen LogP contribution >= 0.6 is 0 Å². The molecule has 2 rings (SSSR count). The Hall–Kier alpha value is -1.36. The van der Waals surface area contributed by atoms with E-state index in [9.17, 15) is 8.78 Å². The molecule has 0 atom stereocenters. The van der Waals surface area contributed by atoms with Crippen LogP contribution in [-0.2, 0) is 6.42 Å². The second-order valence-electron chi connectivity index (χ2n) is 3.30. The predicted molar refractivity (Wildman–Crippen MR) is 61.6 cm³/mol. The van der Waals surface area contributed by atoms with Crippen molar-refractivity contribution in [1.29, 1.82) is 0 Å². The van der Waals surface area contributed by atoms with E-state index in [0.717, 1.165) is 18.5 Å². The molecular weight excluding hydrogens is 228 g/mol. The SMILES string of the molecule is CC.CNCCc1ccc2c(c1)OC(F)(F)O2. The van der Waals surface area contributed by atoms with Gasteiger partial charge in [-0.2, -0.15) is 0 Å². The number of rotatable bonds is 3. The molecule has 1 aliphatic heterocycles. The second-order valence-corrected chi connectivity index (χ2v) is 3.30. The van der Waals surface area contributed by atoms with E-state index in [-0.39, 0.29) is 11.5 Å². The number of benzene rings is 1. The van der Waals surface area contributed by atoms with Crippen LogP contribution in [0.5, 0.6) is 11.5 Å². The number of halogens is 2. The fourth-order valence-corrected chi connectivity index (χ4v) is 1.42. The number of fused-ring (bicyclic) bond motifs is 1. The van der Waals surface area contributed by atoms with Crippen molar-refractivity contribution in [1.82, 2.24) is 5.32 Å². The fraction of sp³-hybridized carbons (Fsp3) is 0.500. The summed E-state index contributed by atoms with van der Waals surface area (Å²) in [5, 5.41) is 2.98. The Labute approximate surface area is 99.7 Å². The molecule has 0 spiro atoms. The van der Waals surface area contributed by atoms with Crippen molar-refractivity contribution in [3.63, 3.8) is 0 Å². The van der Waals surface area contributed by atoms with Crippen LogP contribution in [0.2, 0.25) is 0 Å². The Morgan fingerprint density at radius 1 is 1.18 bits per heavy atom. The van der Waals surface area contributed by atoms with Crippen molar-refractivity contribution < 1.29 is 18.3 Å². The predicted octanol–water partition coefficient (Wildman–Crippen LogP) is 2.80. The molecule has 0 bridgehead atoms. The van der Waals surface area contributed by atoms with Gasteiger partial charge in [0.15, 0.2) is 11.5 Å². The number of nitrogens with one attached hydrogen (secondary N) is 1.